The Morgan fingerprint density at radius 3 is 2.41 bits per heavy atom. The van der Waals surface area contributed by atoms with Crippen LogP contribution in [0.15, 0.2) is 47.4 Å². The molecule has 0 spiro atoms. The molecule has 0 atom stereocenters. The molecule has 1 fully saturated rings. The van der Waals surface area contributed by atoms with Gasteiger partial charge in [-0.1, -0.05) is 12.1 Å². The van der Waals surface area contributed by atoms with E-state index >= 15 is 0 Å². The summed E-state index contributed by atoms with van der Waals surface area (Å²) in [5.74, 6) is -0.0241. The maximum atomic E-state index is 13.1. The number of hydrogen-bond donors (Lipinski definition) is 1. The lowest BCUT2D eigenvalue weighted by molar-refractivity contribution is 0.102. The molecule has 1 heterocycles. The van der Waals surface area contributed by atoms with Crippen LogP contribution in [0.1, 0.15) is 35.7 Å². The van der Waals surface area contributed by atoms with Crippen LogP contribution in [0.2, 0.25) is 0 Å². The Bertz CT molecular complexity index is 952. The fourth-order valence-electron chi connectivity index (χ4n) is 3.25. The summed E-state index contributed by atoms with van der Waals surface area (Å²) in [6.45, 7) is 3.62. The van der Waals surface area contributed by atoms with Crippen LogP contribution < -0.4 is 10.1 Å². The fourth-order valence-corrected chi connectivity index (χ4v) is 4.93. The number of sulfonamides is 1. The predicted molar refractivity (Wildman–Crippen MR) is 111 cm³/mol. The number of anilines is 1. The van der Waals surface area contributed by atoms with Gasteiger partial charge in [-0.25, -0.2) is 8.42 Å². The molecule has 0 radical (unpaired) electrons. The zero-order chi connectivity index (χ0) is 20.9. The minimum absolute atomic E-state index is 0.0782. The number of amides is 1. The van der Waals surface area contributed by atoms with Crippen LogP contribution in [0.5, 0.6) is 5.75 Å². The van der Waals surface area contributed by atoms with Crippen LogP contribution >= 0.6 is 0 Å². The van der Waals surface area contributed by atoms with E-state index in [2.05, 4.69) is 5.32 Å². The van der Waals surface area contributed by atoms with E-state index in [-0.39, 0.29) is 10.8 Å². The summed E-state index contributed by atoms with van der Waals surface area (Å²) in [5, 5.41) is 2.77. The Balaban J connectivity index is 1.85. The zero-order valence-corrected chi connectivity index (χ0v) is 17.5. The van der Waals surface area contributed by atoms with Gasteiger partial charge in [-0.3, -0.25) is 4.79 Å². The second kappa shape index (κ2) is 9.39. The molecule has 0 aromatic heterocycles. The Kier molecular flexibility index (Phi) is 6.89. The molecule has 8 heteroatoms. The monoisotopic (exact) mass is 418 g/mol. The van der Waals surface area contributed by atoms with E-state index in [1.165, 1.54) is 10.4 Å². The first-order chi connectivity index (χ1) is 14.0. The molecular weight excluding hydrogens is 392 g/mol. The second-order valence-corrected chi connectivity index (χ2v) is 8.70. The van der Waals surface area contributed by atoms with Crippen LogP contribution in [-0.4, -0.2) is 45.4 Å². The number of benzene rings is 2. The zero-order valence-electron chi connectivity index (χ0n) is 16.7. The van der Waals surface area contributed by atoms with Crippen LogP contribution in [0, 0.1) is 0 Å². The average molecular weight is 419 g/mol. The first-order valence-electron chi connectivity index (χ1n) is 9.62. The third-order valence-electron chi connectivity index (χ3n) is 4.71. The fraction of sp³-hybridized carbons (Fsp3) is 0.381. The highest BCUT2D eigenvalue weighted by atomic mass is 32.2. The molecule has 3 rings (SSSR count). The summed E-state index contributed by atoms with van der Waals surface area (Å²) < 4.78 is 38.2. The molecule has 7 nitrogen and oxygen atoms in total. The number of rotatable bonds is 8. The quantitative estimate of drug-likeness (QED) is 0.711. The van der Waals surface area contributed by atoms with Crippen molar-refractivity contribution in [3.63, 3.8) is 0 Å². The number of nitrogens with one attached hydrogen (secondary N) is 1. The topological polar surface area (TPSA) is 84.9 Å². The Morgan fingerprint density at radius 2 is 1.79 bits per heavy atom. The van der Waals surface area contributed by atoms with E-state index in [9.17, 15) is 13.2 Å². The van der Waals surface area contributed by atoms with Gasteiger partial charge in [0.15, 0.2) is 0 Å². The van der Waals surface area contributed by atoms with Crippen molar-refractivity contribution in [3.8, 4) is 5.75 Å². The summed E-state index contributed by atoms with van der Waals surface area (Å²) in [4.78, 5) is 12.7. The standard InChI is InChI=1S/C21H26N2O5S/c1-3-28-19-11-10-18(14-20(19)29(25,26)23-12-4-5-13-23)22-21(24)17-8-6-16(7-9-17)15-27-2/h6-11,14H,3-5,12-13,15H2,1-2H3,(H,22,24). The van der Waals surface area contributed by atoms with Gasteiger partial charge in [0.1, 0.15) is 10.6 Å². The summed E-state index contributed by atoms with van der Waals surface area (Å²) >= 11 is 0. The van der Waals surface area contributed by atoms with Crippen molar-refractivity contribution < 1.29 is 22.7 Å². The molecule has 1 aliphatic heterocycles. The lowest BCUT2D eigenvalue weighted by Gasteiger charge is -2.19. The lowest BCUT2D eigenvalue weighted by atomic mass is 10.1. The molecule has 1 amide bonds. The van der Waals surface area contributed by atoms with E-state index < -0.39 is 10.0 Å². The van der Waals surface area contributed by atoms with Crippen LogP contribution in [0.3, 0.4) is 0 Å². The largest absolute Gasteiger partial charge is 0.492 e. The molecule has 1 saturated heterocycles. The minimum atomic E-state index is -3.68. The second-order valence-electron chi connectivity index (χ2n) is 6.79. The third kappa shape index (κ3) is 4.95. The van der Waals surface area contributed by atoms with Crippen molar-refractivity contribution >= 4 is 21.6 Å². The molecule has 2 aromatic rings. The Hall–Kier alpha value is -2.42. The summed E-state index contributed by atoms with van der Waals surface area (Å²) in [7, 11) is -2.07. The van der Waals surface area contributed by atoms with Crippen molar-refractivity contribution in [2.24, 2.45) is 0 Å². The van der Waals surface area contributed by atoms with Gasteiger partial charge in [-0.05, 0) is 55.7 Å². The maximum absolute atomic E-state index is 13.1. The van der Waals surface area contributed by atoms with Gasteiger partial charge >= 0.3 is 0 Å². The first kappa shape index (κ1) is 21.3. The molecule has 0 bridgehead atoms. The van der Waals surface area contributed by atoms with Crippen molar-refractivity contribution in [1.29, 1.82) is 0 Å². The molecule has 0 unspecified atom stereocenters. The highest BCUT2D eigenvalue weighted by Gasteiger charge is 2.30. The van der Waals surface area contributed by atoms with Gasteiger partial charge in [0.25, 0.3) is 5.91 Å². The van der Waals surface area contributed by atoms with Gasteiger partial charge in [0, 0.05) is 31.5 Å². The minimum Gasteiger partial charge on any atom is -0.492 e. The van der Waals surface area contributed by atoms with E-state index in [1.807, 2.05) is 12.1 Å². The van der Waals surface area contributed by atoms with Crippen LogP contribution in [-0.2, 0) is 21.4 Å². The molecule has 2 aromatic carbocycles. The van der Waals surface area contributed by atoms with Gasteiger partial charge < -0.3 is 14.8 Å². The number of methoxy groups -OCH3 is 1. The van der Waals surface area contributed by atoms with Gasteiger partial charge in [0.05, 0.1) is 13.2 Å². The first-order valence-corrected chi connectivity index (χ1v) is 11.1. The van der Waals surface area contributed by atoms with E-state index in [1.54, 1.807) is 38.3 Å². The van der Waals surface area contributed by atoms with E-state index in [0.717, 1.165) is 18.4 Å². The molecule has 156 valence electrons. The normalized spacial score (nSPS) is 14.7. The van der Waals surface area contributed by atoms with Crippen molar-refractivity contribution in [1.82, 2.24) is 4.31 Å². The van der Waals surface area contributed by atoms with Gasteiger partial charge in [-0.15, -0.1) is 0 Å². The number of ether oxygens (including phenoxy) is 2. The highest BCUT2D eigenvalue weighted by molar-refractivity contribution is 7.89. The smallest absolute Gasteiger partial charge is 0.255 e. The summed E-state index contributed by atoms with van der Waals surface area (Å²) in [6.07, 6.45) is 1.69. The number of carbonyl (C=O) groups excluding carboxylic acids is 1. The van der Waals surface area contributed by atoms with Gasteiger partial charge in [-0.2, -0.15) is 4.31 Å². The Morgan fingerprint density at radius 1 is 1.10 bits per heavy atom. The van der Waals surface area contributed by atoms with E-state index in [4.69, 9.17) is 9.47 Å². The lowest BCUT2D eigenvalue weighted by Crippen LogP contribution is -2.28. The van der Waals surface area contributed by atoms with Crippen LogP contribution in [0.25, 0.3) is 0 Å². The van der Waals surface area contributed by atoms with Gasteiger partial charge in [0.2, 0.25) is 10.0 Å². The van der Waals surface area contributed by atoms with E-state index in [0.29, 0.717) is 43.3 Å². The van der Waals surface area contributed by atoms with Crippen molar-refractivity contribution in [3.05, 3.63) is 53.6 Å². The van der Waals surface area contributed by atoms with Crippen LogP contribution in [0.4, 0.5) is 5.69 Å². The number of carbonyl (C=O) groups is 1. The predicted octanol–water partition coefficient (Wildman–Crippen LogP) is 3.27. The molecule has 1 aliphatic rings. The summed E-state index contributed by atoms with van der Waals surface area (Å²) in [5.41, 5.74) is 1.84. The average Bonchev–Trinajstić information content (AvgIpc) is 3.26. The van der Waals surface area contributed by atoms with Crippen molar-refractivity contribution in [2.75, 3.05) is 32.1 Å². The summed E-state index contributed by atoms with van der Waals surface area (Å²) in [6, 6.07) is 11.8. The number of nitrogens with zero attached hydrogens (tertiary/aromatic N) is 1. The number of hydrogen-bond acceptors (Lipinski definition) is 5. The Labute approximate surface area is 171 Å². The highest BCUT2D eigenvalue weighted by Crippen LogP contribution is 2.31. The molecular formula is C21H26N2O5S. The maximum Gasteiger partial charge on any atom is 0.255 e. The molecule has 1 N–H and O–H groups in total. The molecule has 29 heavy (non-hydrogen) atoms. The SMILES string of the molecule is CCOc1ccc(NC(=O)c2ccc(COC)cc2)cc1S(=O)(=O)N1CCCC1. The third-order valence-corrected chi connectivity index (χ3v) is 6.63. The van der Waals surface area contributed by atoms with Crippen molar-refractivity contribution in [2.45, 2.75) is 31.3 Å². The molecule has 0 saturated carbocycles. The molecule has 0 aliphatic carbocycles.